The van der Waals surface area contributed by atoms with Crippen LogP contribution >= 0.6 is 0 Å². The molecule has 3 aromatic rings. The van der Waals surface area contributed by atoms with Crippen LogP contribution in [0.3, 0.4) is 0 Å². The molecule has 2 aliphatic heterocycles. The van der Waals surface area contributed by atoms with Crippen LogP contribution in [0.25, 0.3) is 29.9 Å². The minimum absolute atomic E-state index is 0.113. The lowest BCUT2D eigenvalue weighted by molar-refractivity contribution is -0.145. The molecule has 0 radical (unpaired) electrons. The van der Waals surface area contributed by atoms with E-state index in [9.17, 15) is 14.4 Å². The van der Waals surface area contributed by atoms with E-state index in [4.69, 9.17) is 15.2 Å². The smallest absolute Gasteiger partial charge is 0.322 e. The van der Waals surface area contributed by atoms with Gasteiger partial charge >= 0.3 is 11.9 Å². The molecule has 5 atom stereocenters. The number of allylic oxidation sites excluding steroid dienone is 3. The lowest BCUT2D eigenvalue weighted by Gasteiger charge is -2.20. The van der Waals surface area contributed by atoms with Crippen molar-refractivity contribution in [2.45, 2.75) is 146 Å². The molecule has 8 bridgehead atoms. The average Bonchev–Trinajstić information content (AvgIpc) is 4.00. The Kier molecular flexibility index (Phi) is 16.6. The van der Waals surface area contributed by atoms with Crippen LogP contribution in [0.1, 0.15) is 180 Å². The Balaban J connectivity index is 1.23. The molecule has 352 valence electrons. The van der Waals surface area contributed by atoms with E-state index >= 15 is 0 Å². The van der Waals surface area contributed by atoms with Gasteiger partial charge in [-0.3, -0.25) is 20.1 Å². The number of carbonyl (C=O) groups excluding carboxylic acids is 3. The summed E-state index contributed by atoms with van der Waals surface area (Å²) in [6.45, 7) is 26.0. The number of nitrogens with two attached hydrogens (primary N) is 1. The predicted octanol–water partition coefficient (Wildman–Crippen LogP) is 10.4. The number of ketones is 1. The number of esters is 2. The van der Waals surface area contributed by atoms with Crippen LogP contribution in [0.15, 0.2) is 29.6 Å². The number of Topliss-reactive ketones (excluding diaryl/α,β-unsaturated/α-hetero) is 1. The fraction of sp³-hybridized carbons (Fsp3) is 0.545. The van der Waals surface area contributed by atoms with Crippen molar-refractivity contribution >= 4 is 47.6 Å². The molecule has 0 amide bonds. The molecule has 0 unspecified atom stereocenters. The molecule has 3 aromatic heterocycles. The monoisotopic (exact) mass is 888 g/mol. The maximum Gasteiger partial charge on any atom is 0.322 e. The van der Waals surface area contributed by atoms with Gasteiger partial charge in [0.25, 0.3) is 0 Å². The van der Waals surface area contributed by atoms with Crippen LogP contribution in [0, 0.1) is 56.3 Å². The number of carbonyl (C=O) groups is 3. The van der Waals surface area contributed by atoms with Crippen molar-refractivity contribution in [3.05, 3.63) is 96.5 Å². The number of fused-ring (bicyclic) bond motifs is 7. The van der Waals surface area contributed by atoms with Crippen LogP contribution < -0.4 is 21.7 Å². The maximum atomic E-state index is 14.5. The van der Waals surface area contributed by atoms with Gasteiger partial charge in [0.2, 0.25) is 0 Å². The van der Waals surface area contributed by atoms with Gasteiger partial charge in [0.15, 0.2) is 5.78 Å². The number of ether oxygens (including phenoxy) is 2. The molecule has 1 saturated heterocycles. The van der Waals surface area contributed by atoms with Crippen LogP contribution in [0.5, 0.6) is 0 Å². The van der Waals surface area contributed by atoms with Gasteiger partial charge in [-0.15, -0.1) is 0 Å². The Bertz CT molecular complexity index is 2470. The quantitative estimate of drug-likeness (QED) is 0.0309. The second kappa shape index (κ2) is 21.9. The number of rotatable bonds is 21. The summed E-state index contributed by atoms with van der Waals surface area (Å²) in [7, 11) is 0. The summed E-state index contributed by atoms with van der Waals surface area (Å²) in [4.78, 5) is 52.6. The molecule has 10 nitrogen and oxygen atoms in total. The van der Waals surface area contributed by atoms with E-state index in [1.54, 1.807) is 0 Å². The Morgan fingerprint density at radius 1 is 0.831 bits per heavy atom. The van der Waals surface area contributed by atoms with Crippen LogP contribution in [0.2, 0.25) is 0 Å². The van der Waals surface area contributed by atoms with Crippen molar-refractivity contribution in [3.63, 3.8) is 0 Å². The van der Waals surface area contributed by atoms with Gasteiger partial charge < -0.3 is 29.7 Å². The second-order valence-electron chi connectivity index (χ2n) is 19.8. The Hall–Kier alpha value is -5.09. The maximum absolute atomic E-state index is 14.5. The third kappa shape index (κ3) is 11.1. The van der Waals surface area contributed by atoms with E-state index in [2.05, 4.69) is 107 Å². The Labute approximate surface area is 387 Å². The highest BCUT2D eigenvalue weighted by molar-refractivity contribution is 6.24. The molecular formula is C55H77N5O5. The first-order valence-electron chi connectivity index (χ1n) is 24.5. The summed E-state index contributed by atoms with van der Waals surface area (Å²) in [6, 6.07) is 0. The molecule has 5 heterocycles. The summed E-state index contributed by atoms with van der Waals surface area (Å²) >= 11 is 0. The molecule has 0 saturated carbocycles. The molecule has 10 heteroatoms. The largest absolute Gasteiger partial charge is 0.461 e. The first kappa shape index (κ1) is 49.3. The van der Waals surface area contributed by atoms with E-state index in [-0.39, 0.29) is 43.3 Å². The Morgan fingerprint density at radius 2 is 1.49 bits per heavy atom. The third-order valence-electron chi connectivity index (χ3n) is 14.6. The topological polar surface area (TPSA) is 155 Å². The van der Waals surface area contributed by atoms with Crippen molar-refractivity contribution in [2.75, 3.05) is 13.3 Å². The molecule has 3 aliphatic rings. The number of nitrogens with one attached hydrogen (secondary N) is 4. The number of hydrogen-bond acceptors (Lipinski definition) is 7. The summed E-state index contributed by atoms with van der Waals surface area (Å²) in [6.07, 6.45) is 22.9. The lowest BCUT2D eigenvalue weighted by Crippen LogP contribution is -2.27. The van der Waals surface area contributed by atoms with Crippen LogP contribution in [-0.4, -0.2) is 46.0 Å². The summed E-state index contributed by atoms with van der Waals surface area (Å²) < 4.78 is 11.2. The van der Waals surface area contributed by atoms with Crippen LogP contribution in [0.4, 0.5) is 0 Å². The number of H-pyrrole nitrogens is 3. The van der Waals surface area contributed by atoms with E-state index in [0.29, 0.717) is 29.2 Å². The van der Waals surface area contributed by atoms with Crippen molar-refractivity contribution in [1.29, 1.82) is 0 Å². The summed E-state index contributed by atoms with van der Waals surface area (Å²) in [5.41, 5.74) is 17.9. The van der Waals surface area contributed by atoms with Gasteiger partial charge in [0.05, 0.1) is 5.69 Å². The normalized spacial score (nSPS) is 21.8. The van der Waals surface area contributed by atoms with Crippen molar-refractivity contribution < 1.29 is 23.9 Å². The zero-order valence-electron chi connectivity index (χ0n) is 41.1. The van der Waals surface area contributed by atoms with Crippen molar-refractivity contribution in [3.8, 4) is 0 Å². The van der Waals surface area contributed by atoms with E-state index in [0.717, 1.165) is 92.5 Å². The SMILES string of the molecule is C=Cc1c2[nH]c(c1C)/C=C1\N/C(=C3\c4[nH]c(c(C)c4C(=O)[C@@H]3C(=O)OCN)/C=c3\[nH]/c(c(C)c3CC)=C\2)[C@@H](CCC(=O)OC/C=C(\C)CCC[C@H](C)CCC[C@H](C)CCCC(C)C)[C@@H]1C. The van der Waals surface area contributed by atoms with Crippen LogP contribution in [-0.2, 0) is 25.5 Å². The highest BCUT2D eigenvalue weighted by Gasteiger charge is 2.48. The van der Waals surface area contributed by atoms with Gasteiger partial charge in [0.1, 0.15) is 19.3 Å². The average molecular weight is 888 g/mol. The number of hydrogen-bond donors (Lipinski definition) is 5. The zero-order chi connectivity index (χ0) is 47.1. The minimum atomic E-state index is -1.22. The van der Waals surface area contributed by atoms with Crippen molar-refractivity contribution in [2.24, 2.45) is 41.2 Å². The van der Waals surface area contributed by atoms with E-state index in [1.807, 2.05) is 19.1 Å². The summed E-state index contributed by atoms with van der Waals surface area (Å²) in [5, 5.41) is 5.62. The van der Waals surface area contributed by atoms with Gasteiger partial charge in [-0.2, -0.15) is 0 Å². The third-order valence-corrected chi connectivity index (χ3v) is 14.6. The molecule has 65 heavy (non-hydrogen) atoms. The molecule has 1 fully saturated rings. The number of aromatic nitrogens is 3. The zero-order valence-corrected chi connectivity index (χ0v) is 41.1. The molecule has 0 aromatic carbocycles. The van der Waals surface area contributed by atoms with Gasteiger partial charge in [-0.25, -0.2) is 0 Å². The molecule has 6 N–H and O–H groups in total. The summed E-state index contributed by atoms with van der Waals surface area (Å²) in [5.74, 6) is -0.569. The van der Waals surface area contributed by atoms with E-state index in [1.165, 1.54) is 56.1 Å². The fourth-order valence-corrected chi connectivity index (χ4v) is 10.5. The molecule has 1 aliphatic carbocycles. The van der Waals surface area contributed by atoms with Crippen molar-refractivity contribution in [1.82, 2.24) is 20.3 Å². The number of aromatic amines is 3. The molecule has 6 rings (SSSR count). The van der Waals surface area contributed by atoms with Gasteiger partial charge in [-0.05, 0) is 118 Å². The van der Waals surface area contributed by atoms with E-state index < -0.39 is 11.9 Å². The Morgan fingerprint density at radius 3 is 2.15 bits per heavy atom. The van der Waals surface area contributed by atoms with Gasteiger partial charge in [0, 0.05) is 74.1 Å². The minimum Gasteiger partial charge on any atom is -0.461 e. The lowest BCUT2D eigenvalue weighted by atomic mass is 9.85. The molecular weight excluding hydrogens is 811 g/mol. The highest BCUT2D eigenvalue weighted by atomic mass is 16.5. The predicted molar refractivity (Wildman–Crippen MR) is 265 cm³/mol. The standard InChI is InChI=1S/C55H77N5O5/c1-12-39-35(8)42-27-44-37(10)41(23-24-48(61)64-26-25-34(7)22-16-21-33(6)20-15-19-32(5)18-14-17-31(3)4)52(59-44)50-51(55(63)65-30-56)54(62)49-38(11)45(60-53(49)50)29-47-40(13-2)36(9)43(58-47)28-46(39)57-42/h12,25,27-29,31-33,37,41,51,57-60H,1,13-24,26,30,56H2,2-11H3/b34-25+,43-28-,44-27-,47-29-,52-50-/t32-,33-,37+,41+,51-/m1/s1. The second-order valence-corrected chi connectivity index (χ2v) is 19.8. The van der Waals surface area contributed by atoms with Gasteiger partial charge in [-0.1, -0.05) is 105 Å². The fourth-order valence-electron chi connectivity index (χ4n) is 10.5. The first-order valence-corrected chi connectivity index (χ1v) is 24.5. The first-order chi connectivity index (χ1) is 31.1. The molecule has 0 spiro atoms. The highest BCUT2D eigenvalue weighted by Crippen LogP contribution is 2.48.